The molecule has 1 amide bonds. The highest BCUT2D eigenvalue weighted by Crippen LogP contribution is 2.44. The van der Waals surface area contributed by atoms with Gasteiger partial charge in [0.2, 0.25) is 0 Å². The van der Waals surface area contributed by atoms with Crippen molar-refractivity contribution in [1.29, 1.82) is 0 Å². The van der Waals surface area contributed by atoms with E-state index in [9.17, 15) is 14.7 Å². The van der Waals surface area contributed by atoms with Gasteiger partial charge in [-0.15, -0.1) is 11.3 Å². The molecule has 1 fully saturated rings. The van der Waals surface area contributed by atoms with Gasteiger partial charge in [-0.05, 0) is 59.5 Å². The van der Waals surface area contributed by atoms with Crippen LogP contribution in [-0.2, 0) is 16.2 Å². The number of amides is 1. The highest BCUT2D eigenvalue weighted by molar-refractivity contribution is 7.10. The third-order valence-corrected chi connectivity index (χ3v) is 7.30. The summed E-state index contributed by atoms with van der Waals surface area (Å²) < 4.78 is 11.1. The van der Waals surface area contributed by atoms with Crippen molar-refractivity contribution in [2.24, 2.45) is 0 Å². The molecular weight excluding hydrogens is 510 g/mol. The van der Waals surface area contributed by atoms with E-state index in [2.05, 4.69) is 0 Å². The third kappa shape index (κ3) is 4.83. The normalized spacial score (nSPS) is 16.7. The van der Waals surface area contributed by atoms with Crippen molar-refractivity contribution in [3.63, 3.8) is 0 Å². The molecule has 2 heterocycles. The average Bonchev–Trinajstić information content (AvgIpc) is 3.55. The zero-order valence-corrected chi connectivity index (χ0v) is 21.3. The Kier molecular flexibility index (Phi) is 6.99. The van der Waals surface area contributed by atoms with Crippen LogP contribution in [0.2, 0.25) is 5.02 Å². The van der Waals surface area contributed by atoms with Crippen molar-refractivity contribution in [2.75, 3.05) is 12.0 Å². The summed E-state index contributed by atoms with van der Waals surface area (Å²) in [5.41, 5.74) is 1.71. The Morgan fingerprint density at radius 2 is 1.70 bits per heavy atom. The Morgan fingerprint density at radius 3 is 2.38 bits per heavy atom. The molecule has 1 aliphatic heterocycles. The van der Waals surface area contributed by atoms with Gasteiger partial charge in [0, 0.05) is 16.1 Å². The van der Waals surface area contributed by atoms with E-state index in [0.29, 0.717) is 23.8 Å². The number of aliphatic hydroxyl groups is 1. The molecule has 0 aliphatic carbocycles. The lowest BCUT2D eigenvalue weighted by Crippen LogP contribution is -2.29. The molecule has 1 N–H and O–H groups in total. The number of carbonyl (C=O) groups is 2. The lowest BCUT2D eigenvalue weighted by atomic mass is 9.99. The van der Waals surface area contributed by atoms with Gasteiger partial charge in [0.05, 0.1) is 17.7 Å². The average molecular weight is 532 g/mol. The van der Waals surface area contributed by atoms with Gasteiger partial charge in [-0.1, -0.05) is 48.0 Å². The zero-order valence-electron chi connectivity index (χ0n) is 19.8. The predicted octanol–water partition coefficient (Wildman–Crippen LogP) is 6.62. The highest BCUT2D eigenvalue weighted by Gasteiger charge is 2.47. The van der Waals surface area contributed by atoms with E-state index >= 15 is 0 Å². The SMILES string of the molecule is COc1ccc(Cl)c(/C(O)=C2/C(=O)C(=O)N(c3ccc(OCc4ccccc4)cc3)C2c2cccs2)c1. The number of hydrogen-bond acceptors (Lipinski definition) is 6. The molecule has 0 radical (unpaired) electrons. The molecule has 1 aromatic heterocycles. The number of rotatable bonds is 7. The molecule has 1 aliphatic rings. The van der Waals surface area contributed by atoms with Crippen LogP contribution in [0, 0.1) is 0 Å². The first-order valence-electron chi connectivity index (χ1n) is 11.4. The number of benzene rings is 3. The molecule has 0 bridgehead atoms. The quantitative estimate of drug-likeness (QED) is 0.165. The fourth-order valence-electron chi connectivity index (χ4n) is 4.22. The molecule has 8 heteroatoms. The van der Waals surface area contributed by atoms with Crippen LogP contribution in [0.25, 0.3) is 5.76 Å². The number of methoxy groups -OCH3 is 1. The van der Waals surface area contributed by atoms with E-state index < -0.39 is 17.7 Å². The monoisotopic (exact) mass is 531 g/mol. The Labute approximate surface area is 223 Å². The topological polar surface area (TPSA) is 76.1 Å². The standard InChI is InChI=1S/C29H22ClNO5S/c1-35-21-13-14-23(30)22(16-21)27(32)25-26(24-8-5-15-37-24)31(29(34)28(25)33)19-9-11-20(12-10-19)36-17-18-6-3-2-4-7-18/h2-16,26,32H,17H2,1H3/b27-25-. The molecule has 5 rings (SSSR count). The maximum atomic E-state index is 13.3. The van der Waals surface area contributed by atoms with E-state index in [-0.39, 0.29) is 21.9 Å². The number of nitrogens with zero attached hydrogens (tertiary/aromatic N) is 1. The van der Waals surface area contributed by atoms with Gasteiger partial charge in [-0.25, -0.2) is 0 Å². The van der Waals surface area contributed by atoms with E-state index in [1.54, 1.807) is 36.4 Å². The Balaban J connectivity index is 1.52. The number of thiophene rings is 1. The van der Waals surface area contributed by atoms with E-state index in [4.69, 9.17) is 21.1 Å². The van der Waals surface area contributed by atoms with Crippen LogP contribution in [-0.4, -0.2) is 23.9 Å². The summed E-state index contributed by atoms with van der Waals surface area (Å²) in [6.45, 7) is 0.404. The minimum absolute atomic E-state index is 0.0352. The third-order valence-electron chi connectivity index (χ3n) is 6.05. The first kappa shape index (κ1) is 24.6. The largest absolute Gasteiger partial charge is 0.507 e. The van der Waals surface area contributed by atoms with Crippen LogP contribution >= 0.6 is 22.9 Å². The van der Waals surface area contributed by atoms with Crippen molar-refractivity contribution in [1.82, 2.24) is 0 Å². The molecule has 0 saturated carbocycles. The summed E-state index contributed by atoms with van der Waals surface area (Å²) in [7, 11) is 1.49. The van der Waals surface area contributed by atoms with Gasteiger partial charge in [0.25, 0.3) is 11.7 Å². The van der Waals surface area contributed by atoms with E-state index in [1.807, 2.05) is 47.8 Å². The molecule has 6 nitrogen and oxygen atoms in total. The van der Waals surface area contributed by atoms with E-state index in [0.717, 1.165) is 10.4 Å². The smallest absolute Gasteiger partial charge is 0.300 e. The molecule has 37 heavy (non-hydrogen) atoms. The summed E-state index contributed by atoms with van der Waals surface area (Å²) in [5, 5.41) is 13.4. The number of aliphatic hydroxyl groups excluding tert-OH is 1. The minimum atomic E-state index is -0.821. The Hall–Kier alpha value is -4.07. The summed E-state index contributed by atoms with van der Waals surface area (Å²) >= 11 is 7.74. The van der Waals surface area contributed by atoms with Gasteiger partial charge < -0.3 is 14.6 Å². The maximum absolute atomic E-state index is 13.3. The molecule has 1 unspecified atom stereocenters. The second-order valence-electron chi connectivity index (χ2n) is 8.30. The minimum Gasteiger partial charge on any atom is -0.507 e. The fraction of sp³-hybridized carbons (Fsp3) is 0.103. The highest BCUT2D eigenvalue weighted by atomic mass is 35.5. The predicted molar refractivity (Wildman–Crippen MR) is 144 cm³/mol. The molecular formula is C29H22ClNO5S. The number of anilines is 1. The first-order valence-corrected chi connectivity index (χ1v) is 12.7. The molecule has 1 atom stereocenters. The Bertz CT molecular complexity index is 1470. The van der Waals surface area contributed by atoms with Gasteiger partial charge in [0.15, 0.2) is 0 Å². The Morgan fingerprint density at radius 1 is 0.973 bits per heavy atom. The second-order valence-corrected chi connectivity index (χ2v) is 9.68. The van der Waals surface area contributed by atoms with Crippen molar-refractivity contribution < 1.29 is 24.2 Å². The van der Waals surface area contributed by atoms with Gasteiger partial charge in [-0.3, -0.25) is 14.5 Å². The number of Topliss-reactive ketones (excluding diaryl/α,β-unsaturated/α-hetero) is 1. The van der Waals surface area contributed by atoms with Gasteiger partial charge >= 0.3 is 0 Å². The molecule has 3 aromatic carbocycles. The second kappa shape index (κ2) is 10.5. The molecule has 1 saturated heterocycles. The molecule has 186 valence electrons. The van der Waals surface area contributed by atoms with Gasteiger partial charge in [-0.2, -0.15) is 0 Å². The fourth-order valence-corrected chi connectivity index (χ4v) is 5.25. The van der Waals surface area contributed by atoms with Crippen molar-refractivity contribution in [3.8, 4) is 11.5 Å². The zero-order chi connectivity index (χ0) is 25.9. The van der Waals surface area contributed by atoms with Crippen molar-refractivity contribution >= 4 is 46.1 Å². The van der Waals surface area contributed by atoms with Crippen LogP contribution < -0.4 is 14.4 Å². The summed E-state index contributed by atoms with van der Waals surface area (Å²) in [5.74, 6) is -0.805. The number of hydrogen-bond donors (Lipinski definition) is 1. The maximum Gasteiger partial charge on any atom is 0.300 e. The van der Waals surface area contributed by atoms with Crippen molar-refractivity contribution in [2.45, 2.75) is 12.6 Å². The first-order chi connectivity index (χ1) is 18.0. The number of ether oxygens (including phenoxy) is 2. The van der Waals surface area contributed by atoms with Crippen LogP contribution in [0.15, 0.2) is 95.9 Å². The summed E-state index contributed by atoms with van der Waals surface area (Å²) in [6.07, 6.45) is 0. The number of halogens is 1. The summed E-state index contributed by atoms with van der Waals surface area (Å²) in [4.78, 5) is 28.7. The molecule has 4 aromatic rings. The summed E-state index contributed by atoms with van der Waals surface area (Å²) in [6, 6.07) is 24.3. The van der Waals surface area contributed by atoms with Crippen LogP contribution in [0.3, 0.4) is 0 Å². The number of ketones is 1. The lowest BCUT2D eigenvalue weighted by molar-refractivity contribution is -0.132. The number of carbonyl (C=O) groups excluding carboxylic acids is 2. The van der Waals surface area contributed by atoms with Crippen LogP contribution in [0.1, 0.15) is 22.0 Å². The van der Waals surface area contributed by atoms with Crippen LogP contribution in [0.5, 0.6) is 11.5 Å². The van der Waals surface area contributed by atoms with E-state index in [1.165, 1.54) is 29.4 Å². The van der Waals surface area contributed by atoms with Crippen molar-refractivity contribution in [3.05, 3.63) is 117 Å². The van der Waals surface area contributed by atoms with Gasteiger partial charge in [0.1, 0.15) is 29.9 Å². The lowest BCUT2D eigenvalue weighted by Gasteiger charge is -2.24. The van der Waals surface area contributed by atoms with Crippen LogP contribution in [0.4, 0.5) is 5.69 Å². The molecule has 0 spiro atoms.